The number of tetrazole rings is 1. The van der Waals surface area contributed by atoms with E-state index in [4.69, 9.17) is 4.74 Å². The highest BCUT2D eigenvalue weighted by atomic mass is 19.4. The molecule has 12 heteroatoms. The van der Waals surface area contributed by atoms with E-state index in [0.29, 0.717) is 31.8 Å². The molecule has 0 spiro atoms. The molecule has 0 aliphatic carbocycles. The number of nitrogens with zero attached hydrogens (tertiary/aromatic N) is 6. The number of carbonyl (C=O) groups is 2. The third-order valence-electron chi connectivity index (χ3n) is 6.04. The van der Waals surface area contributed by atoms with E-state index in [0.717, 1.165) is 6.07 Å². The molecule has 1 aliphatic heterocycles. The van der Waals surface area contributed by atoms with E-state index in [9.17, 15) is 22.8 Å². The Labute approximate surface area is 214 Å². The maximum Gasteiger partial charge on any atom is 0.417 e. The lowest BCUT2D eigenvalue weighted by atomic mass is 9.92. The summed E-state index contributed by atoms with van der Waals surface area (Å²) in [5.41, 5.74) is -1.89. The van der Waals surface area contributed by atoms with Crippen LogP contribution in [0.4, 0.5) is 18.0 Å². The first kappa shape index (κ1) is 28.1. The number of hydrogen-bond acceptors (Lipinski definition) is 6. The van der Waals surface area contributed by atoms with Crippen LogP contribution in [-0.2, 0) is 22.3 Å². The molecule has 2 aromatic rings. The number of halogens is 3. The number of alkyl halides is 3. The molecule has 2 amide bonds. The third kappa shape index (κ3) is 6.86. The van der Waals surface area contributed by atoms with Crippen LogP contribution < -0.4 is 0 Å². The summed E-state index contributed by atoms with van der Waals surface area (Å²) in [6.07, 6.45) is -4.18. The van der Waals surface area contributed by atoms with E-state index in [1.165, 1.54) is 21.8 Å². The van der Waals surface area contributed by atoms with E-state index in [1.54, 1.807) is 39.5 Å². The highest BCUT2D eigenvalue weighted by Crippen LogP contribution is 2.37. The van der Waals surface area contributed by atoms with Gasteiger partial charge in [0, 0.05) is 36.8 Å². The molecule has 3 rings (SSSR count). The maximum atomic E-state index is 14.0. The molecule has 2 heterocycles. The van der Waals surface area contributed by atoms with Gasteiger partial charge in [-0.15, -0.1) is 10.2 Å². The summed E-state index contributed by atoms with van der Waals surface area (Å²) in [6.45, 7) is 13.5. The second-order valence-electron chi connectivity index (χ2n) is 9.97. The van der Waals surface area contributed by atoms with Crippen LogP contribution in [-0.4, -0.2) is 73.3 Å². The van der Waals surface area contributed by atoms with Crippen LogP contribution in [0.2, 0.25) is 0 Å². The average molecular weight is 523 g/mol. The fraction of sp³-hybridized carbons (Fsp3) is 0.560. The van der Waals surface area contributed by atoms with E-state index in [2.05, 4.69) is 22.0 Å². The molecule has 0 bridgehead atoms. The molecule has 0 N–H and O–H groups in total. The molecule has 1 fully saturated rings. The van der Waals surface area contributed by atoms with Gasteiger partial charge in [-0.05, 0) is 64.3 Å². The summed E-state index contributed by atoms with van der Waals surface area (Å²) in [6, 6.07) is 3.46. The van der Waals surface area contributed by atoms with E-state index >= 15 is 0 Å². The zero-order chi connectivity index (χ0) is 27.5. The van der Waals surface area contributed by atoms with Gasteiger partial charge < -0.3 is 14.5 Å². The standard InChI is InChI=1S/C25H33F3N6O3/c1-7-33(19-11-13-32(14-12-19)23(36)37-24(4,5)6)22(35)16(2)21-18(15-34-30-17(3)29-31-34)9-8-10-20(21)25(26,27)28/h8-10,19H,2,7,11-15H2,1,3-6H3. The number of rotatable bonds is 6. The van der Waals surface area contributed by atoms with Crippen molar-refractivity contribution in [3.05, 3.63) is 47.3 Å². The minimum atomic E-state index is -4.70. The lowest BCUT2D eigenvalue weighted by Crippen LogP contribution is -2.49. The molecular formula is C25H33F3N6O3. The predicted molar refractivity (Wildman–Crippen MR) is 130 cm³/mol. The Bertz CT molecular complexity index is 1150. The van der Waals surface area contributed by atoms with Crippen molar-refractivity contribution in [3.63, 3.8) is 0 Å². The smallest absolute Gasteiger partial charge is 0.417 e. The van der Waals surface area contributed by atoms with Gasteiger partial charge in [0.05, 0.1) is 12.1 Å². The van der Waals surface area contributed by atoms with Crippen LogP contribution in [0.3, 0.4) is 0 Å². The van der Waals surface area contributed by atoms with Gasteiger partial charge >= 0.3 is 12.3 Å². The van der Waals surface area contributed by atoms with Gasteiger partial charge in [-0.2, -0.15) is 18.0 Å². The summed E-state index contributed by atoms with van der Waals surface area (Å²) in [4.78, 5) is 30.3. The Morgan fingerprint density at radius 2 is 1.84 bits per heavy atom. The van der Waals surface area contributed by atoms with Crippen LogP contribution >= 0.6 is 0 Å². The van der Waals surface area contributed by atoms with Crippen LogP contribution in [0.1, 0.15) is 63.1 Å². The highest BCUT2D eigenvalue weighted by molar-refractivity contribution is 6.19. The first-order valence-electron chi connectivity index (χ1n) is 12.1. The van der Waals surface area contributed by atoms with Gasteiger partial charge in [0.15, 0.2) is 5.82 Å². The van der Waals surface area contributed by atoms with Crippen molar-refractivity contribution in [1.82, 2.24) is 30.0 Å². The van der Waals surface area contributed by atoms with Crippen LogP contribution in [0.5, 0.6) is 0 Å². The van der Waals surface area contributed by atoms with Crippen molar-refractivity contribution in [2.24, 2.45) is 0 Å². The second-order valence-corrected chi connectivity index (χ2v) is 9.97. The number of likely N-dealkylation sites (tertiary alicyclic amines) is 1. The average Bonchev–Trinajstić information content (AvgIpc) is 3.22. The number of amides is 2. The fourth-order valence-electron chi connectivity index (χ4n) is 4.40. The first-order chi connectivity index (χ1) is 17.2. The summed E-state index contributed by atoms with van der Waals surface area (Å²) in [7, 11) is 0. The number of carbonyl (C=O) groups excluding carboxylic acids is 2. The molecule has 0 atom stereocenters. The molecule has 1 aromatic heterocycles. The molecule has 0 saturated carbocycles. The zero-order valence-electron chi connectivity index (χ0n) is 21.8. The minimum Gasteiger partial charge on any atom is -0.444 e. The molecule has 0 radical (unpaired) electrons. The summed E-state index contributed by atoms with van der Waals surface area (Å²) < 4.78 is 47.4. The molecule has 1 aromatic carbocycles. The Hall–Kier alpha value is -3.44. The largest absolute Gasteiger partial charge is 0.444 e. The number of piperidine rings is 1. The van der Waals surface area contributed by atoms with Gasteiger partial charge in [0.25, 0.3) is 5.91 Å². The normalized spacial score (nSPS) is 15.0. The van der Waals surface area contributed by atoms with Crippen molar-refractivity contribution in [3.8, 4) is 0 Å². The number of hydrogen-bond donors (Lipinski definition) is 0. The summed E-state index contributed by atoms with van der Waals surface area (Å²) in [5, 5.41) is 11.7. The number of likely N-dealkylation sites (N-methyl/N-ethyl adjacent to an activating group) is 1. The predicted octanol–water partition coefficient (Wildman–Crippen LogP) is 4.31. The fourth-order valence-corrected chi connectivity index (χ4v) is 4.40. The van der Waals surface area contributed by atoms with Crippen LogP contribution in [0.25, 0.3) is 5.57 Å². The van der Waals surface area contributed by atoms with E-state index < -0.39 is 29.3 Å². The number of aromatic nitrogens is 4. The van der Waals surface area contributed by atoms with Gasteiger partial charge in [-0.1, -0.05) is 18.7 Å². The number of ether oxygens (including phenoxy) is 1. The Kier molecular flexibility index (Phi) is 8.28. The van der Waals surface area contributed by atoms with Crippen LogP contribution in [0.15, 0.2) is 24.8 Å². The highest BCUT2D eigenvalue weighted by Gasteiger charge is 2.38. The van der Waals surface area contributed by atoms with Crippen molar-refractivity contribution in [2.75, 3.05) is 19.6 Å². The van der Waals surface area contributed by atoms with Gasteiger partial charge in [0.2, 0.25) is 0 Å². The van der Waals surface area contributed by atoms with E-state index in [1.807, 2.05) is 0 Å². The summed E-state index contributed by atoms with van der Waals surface area (Å²) >= 11 is 0. The molecule has 37 heavy (non-hydrogen) atoms. The van der Waals surface area contributed by atoms with Crippen molar-refractivity contribution < 1.29 is 27.5 Å². The topological polar surface area (TPSA) is 93.5 Å². The molecule has 9 nitrogen and oxygen atoms in total. The first-order valence-corrected chi connectivity index (χ1v) is 12.1. The zero-order valence-corrected chi connectivity index (χ0v) is 21.8. The van der Waals surface area contributed by atoms with Crippen LogP contribution in [0, 0.1) is 6.92 Å². The SMILES string of the molecule is C=C(C(=O)N(CC)C1CCN(C(=O)OC(C)(C)C)CC1)c1c(Cn2nnc(C)n2)cccc1C(F)(F)F. The van der Waals surface area contributed by atoms with Gasteiger partial charge in [0.1, 0.15) is 5.60 Å². The molecular weight excluding hydrogens is 489 g/mol. The second kappa shape index (κ2) is 10.9. The molecule has 202 valence electrons. The third-order valence-corrected chi connectivity index (χ3v) is 6.04. The Morgan fingerprint density at radius 1 is 1.19 bits per heavy atom. The quantitative estimate of drug-likeness (QED) is 0.525. The monoisotopic (exact) mass is 522 g/mol. The van der Waals surface area contributed by atoms with Crippen molar-refractivity contribution in [2.45, 2.75) is 71.8 Å². The minimum absolute atomic E-state index is 0.104. The maximum absolute atomic E-state index is 14.0. The van der Waals surface area contributed by atoms with Gasteiger partial charge in [-0.3, -0.25) is 4.79 Å². The number of aryl methyl sites for hydroxylation is 1. The van der Waals surface area contributed by atoms with Crippen molar-refractivity contribution in [1.29, 1.82) is 0 Å². The van der Waals surface area contributed by atoms with Crippen molar-refractivity contribution >= 4 is 17.6 Å². The summed E-state index contributed by atoms with van der Waals surface area (Å²) in [5.74, 6) is -0.211. The van der Waals surface area contributed by atoms with E-state index in [-0.39, 0.29) is 35.8 Å². The number of benzene rings is 1. The molecule has 0 unspecified atom stereocenters. The Balaban J connectivity index is 1.84. The lowest BCUT2D eigenvalue weighted by Gasteiger charge is -2.39. The van der Waals surface area contributed by atoms with Gasteiger partial charge in [-0.25, -0.2) is 4.79 Å². The Morgan fingerprint density at radius 3 is 2.35 bits per heavy atom. The molecule has 1 saturated heterocycles. The lowest BCUT2D eigenvalue weighted by molar-refractivity contribution is -0.137. The molecule has 1 aliphatic rings.